The first-order valence-electron chi connectivity index (χ1n) is 8.56. The first-order chi connectivity index (χ1) is 13.6. The average molecular weight is 390 g/mol. The summed E-state index contributed by atoms with van der Waals surface area (Å²) in [7, 11) is 0. The summed E-state index contributed by atoms with van der Waals surface area (Å²) in [5.41, 5.74) is 7.10. The molecule has 28 heavy (non-hydrogen) atoms. The molecule has 0 saturated heterocycles. The minimum Gasteiger partial charge on any atom is -0.301 e. The fourth-order valence-corrected chi connectivity index (χ4v) is 2.84. The summed E-state index contributed by atoms with van der Waals surface area (Å²) in [5, 5.41) is 2.64. The first kappa shape index (κ1) is 19.2. The van der Waals surface area contributed by atoms with Gasteiger partial charge in [-0.3, -0.25) is 25.4 Å². The van der Waals surface area contributed by atoms with E-state index in [0.717, 1.165) is 11.1 Å². The highest BCUT2D eigenvalue weighted by atomic mass is 32.1. The Kier molecular flexibility index (Phi) is 6.43. The van der Waals surface area contributed by atoms with Gasteiger partial charge in [-0.2, -0.15) is 0 Å². The molecule has 0 aliphatic carbocycles. The summed E-state index contributed by atoms with van der Waals surface area (Å²) in [6.07, 6.45) is 3.03. The number of amides is 2. The van der Waals surface area contributed by atoms with E-state index in [-0.39, 0.29) is 16.9 Å². The molecule has 140 valence electrons. The van der Waals surface area contributed by atoms with Gasteiger partial charge in [0.25, 0.3) is 5.91 Å². The van der Waals surface area contributed by atoms with Crippen LogP contribution in [-0.4, -0.2) is 21.9 Å². The van der Waals surface area contributed by atoms with E-state index in [0.29, 0.717) is 5.56 Å². The van der Waals surface area contributed by atoms with Gasteiger partial charge in [-0.05, 0) is 35.5 Å². The van der Waals surface area contributed by atoms with Crippen molar-refractivity contribution in [1.82, 2.24) is 21.2 Å². The predicted molar refractivity (Wildman–Crippen MR) is 110 cm³/mol. The molecule has 2 amide bonds. The van der Waals surface area contributed by atoms with E-state index < -0.39 is 5.92 Å². The van der Waals surface area contributed by atoms with E-state index in [1.165, 1.54) is 12.4 Å². The zero-order valence-corrected chi connectivity index (χ0v) is 15.6. The van der Waals surface area contributed by atoms with Crippen molar-refractivity contribution in [3.05, 3.63) is 102 Å². The Morgan fingerprint density at radius 3 is 1.86 bits per heavy atom. The van der Waals surface area contributed by atoms with E-state index in [2.05, 4.69) is 21.2 Å². The van der Waals surface area contributed by atoms with Gasteiger partial charge in [0.05, 0.1) is 5.92 Å². The van der Waals surface area contributed by atoms with Gasteiger partial charge in [0, 0.05) is 18.0 Å². The molecule has 3 aromatic rings. The van der Waals surface area contributed by atoms with Gasteiger partial charge in [-0.25, -0.2) is 0 Å². The van der Waals surface area contributed by atoms with Crippen LogP contribution in [0.25, 0.3) is 0 Å². The maximum atomic E-state index is 12.9. The molecule has 3 N–H and O–H groups in total. The van der Waals surface area contributed by atoms with Gasteiger partial charge in [0.2, 0.25) is 5.91 Å². The smallest absolute Gasteiger partial charge is 0.269 e. The SMILES string of the molecule is O=C(NNC(=S)NC(=O)C(c1ccccc1)c1ccccc1)c1ccncc1. The lowest BCUT2D eigenvalue weighted by Gasteiger charge is -2.18. The molecule has 6 nitrogen and oxygen atoms in total. The molecule has 0 bridgehead atoms. The van der Waals surface area contributed by atoms with E-state index in [1.54, 1.807) is 12.1 Å². The second-order valence-electron chi connectivity index (χ2n) is 5.89. The van der Waals surface area contributed by atoms with Gasteiger partial charge in [-0.1, -0.05) is 60.7 Å². The van der Waals surface area contributed by atoms with Crippen molar-refractivity contribution in [2.24, 2.45) is 0 Å². The van der Waals surface area contributed by atoms with Gasteiger partial charge in [-0.15, -0.1) is 0 Å². The lowest BCUT2D eigenvalue weighted by molar-refractivity contribution is -0.120. The fraction of sp³-hybridized carbons (Fsp3) is 0.0476. The van der Waals surface area contributed by atoms with Gasteiger partial charge < -0.3 is 5.32 Å². The molecule has 0 aliphatic rings. The van der Waals surface area contributed by atoms with Crippen molar-refractivity contribution in [2.75, 3.05) is 0 Å². The molecule has 2 aromatic carbocycles. The predicted octanol–water partition coefficient (Wildman–Crippen LogP) is 2.55. The molecule has 1 aromatic heterocycles. The lowest BCUT2D eigenvalue weighted by atomic mass is 9.90. The Labute approximate surface area is 168 Å². The Hall–Kier alpha value is -3.58. The Morgan fingerprint density at radius 1 is 0.786 bits per heavy atom. The van der Waals surface area contributed by atoms with E-state index in [1.807, 2.05) is 60.7 Å². The van der Waals surface area contributed by atoms with Crippen LogP contribution in [-0.2, 0) is 4.79 Å². The number of nitrogens with zero attached hydrogens (tertiary/aromatic N) is 1. The fourth-order valence-electron chi connectivity index (χ4n) is 2.69. The number of hydrogen-bond donors (Lipinski definition) is 3. The monoisotopic (exact) mass is 390 g/mol. The largest absolute Gasteiger partial charge is 0.301 e. The van der Waals surface area contributed by atoms with E-state index >= 15 is 0 Å². The number of hydrogen-bond acceptors (Lipinski definition) is 4. The third-order valence-corrected chi connectivity index (χ3v) is 4.20. The molecule has 0 unspecified atom stereocenters. The molecule has 0 spiro atoms. The van der Waals surface area contributed by atoms with Gasteiger partial charge in [0.1, 0.15) is 0 Å². The summed E-state index contributed by atoms with van der Waals surface area (Å²) < 4.78 is 0. The van der Waals surface area contributed by atoms with Crippen LogP contribution in [0.5, 0.6) is 0 Å². The molecule has 0 aliphatic heterocycles. The Balaban J connectivity index is 1.66. The standard InChI is InChI=1S/C21H18N4O2S/c26-19(17-11-13-22-14-12-17)24-25-21(28)23-20(27)18(15-7-3-1-4-8-15)16-9-5-2-6-10-16/h1-14,18H,(H,24,26)(H2,23,25,27,28). The molecule has 0 saturated carbocycles. The number of hydrazine groups is 1. The van der Waals surface area contributed by atoms with Crippen LogP contribution in [0.4, 0.5) is 0 Å². The zero-order chi connectivity index (χ0) is 19.8. The zero-order valence-electron chi connectivity index (χ0n) is 14.8. The number of benzene rings is 2. The van der Waals surface area contributed by atoms with Crippen LogP contribution in [0.2, 0.25) is 0 Å². The molecule has 0 fully saturated rings. The van der Waals surface area contributed by atoms with Crippen molar-refractivity contribution in [2.45, 2.75) is 5.92 Å². The highest BCUT2D eigenvalue weighted by Crippen LogP contribution is 2.24. The third-order valence-electron chi connectivity index (χ3n) is 4.00. The van der Waals surface area contributed by atoms with E-state index in [9.17, 15) is 9.59 Å². The number of carbonyl (C=O) groups is 2. The number of nitrogens with one attached hydrogen (secondary N) is 3. The first-order valence-corrected chi connectivity index (χ1v) is 8.97. The summed E-state index contributed by atoms with van der Waals surface area (Å²) in [6.45, 7) is 0. The van der Waals surface area contributed by atoms with Crippen molar-refractivity contribution < 1.29 is 9.59 Å². The number of carbonyl (C=O) groups excluding carboxylic acids is 2. The highest BCUT2D eigenvalue weighted by molar-refractivity contribution is 7.80. The van der Waals surface area contributed by atoms with E-state index in [4.69, 9.17) is 12.2 Å². The Morgan fingerprint density at radius 2 is 1.32 bits per heavy atom. The van der Waals surface area contributed by atoms with Crippen molar-refractivity contribution in [3.63, 3.8) is 0 Å². The molecule has 7 heteroatoms. The molecule has 0 radical (unpaired) electrons. The third kappa shape index (κ3) is 4.99. The summed E-state index contributed by atoms with van der Waals surface area (Å²) in [5.74, 6) is -1.22. The minimum atomic E-state index is -0.530. The van der Waals surface area contributed by atoms with Crippen LogP contribution in [0.1, 0.15) is 27.4 Å². The quantitative estimate of drug-likeness (QED) is 0.471. The highest BCUT2D eigenvalue weighted by Gasteiger charge is 2.23. The number of pyridine rings is 1. The molecular formula is C21H18N4O2S. The van der Waals surface area contributed by atoms with Crippen LogP contribution in [0.15, 0.2) is 85.2 Å². The summed E-state index contributed by atoms with van der Waals surface area (Å²) >= 11 is 5.15. The normalized spacial score (nSPS) is 10.2. The number of thiocarbonyl (C=S) groups is 1. The summed E-state index contributed by atoms with van der Waals surface area (Å²) in [4.78, 5) is 28.8. The van der Waals surface area contributed by atoms with Crippen molar-refractivity contribution in [3.8, 4) is 0 Å². The maximum absolute atomic E-state index is 12.9. The Bertz CT molecular complexity index is 910. The minimum absolute atomic E-state index is 0.00395. The topological polar surface area (TPSA) is 83.1 Å². The number of aromatic nitrogens is 1. The lowest BCUT2D eigenvalue weighted by Crippen LogP contribution is -2.49. The second-order valence-corrected chi connectivity index (χ2v) is 6.30. The van der Waals surface area contributed by atoms with Crippen LogP contribution in [0.3, 0.4) is 0 Å². The molecule has 3 rings (SSSR count). The van der Waals surface area contributed by atoms with Gasteiger partial charge in [0.15, 0.2) is 5.11 Å². The average Bonchev–Trinajstić information content (AvgIpc) is 2.74. The number of rotatable bonds is 4. The summed E-state index contributed by atoms with van der Waals surface area (Å²) in [6, 6.07) is 22.0. The molecule has 1 heterocycles. The molecule has 0 atom stereocenters. The van der Waals surface area contributed by atoms with Gasteiger partial charge >= 0.3 is 0 Å². The van der Waals surface area contributed by atoms with Crippen molar-refractivity contribution >= 4 is 29.1 Å². The van der Waals surface area contributed by atoms with Crippen LogP contribution >= 0.6 is 12.2 Å². The molecular weight excluding hydrogens is 372 g/mol. The maximum Gasteiger partial charge on any atom is 0.269 e. The second kappa shape index (κ2) is 9.38. The van der Waals surface area contributed by atoms with Crippen molar-refractivity contribution in [1.29, 1.82) is 0 Å². The van der Waals surface area contributed by atoms with Crippen LogP contribution < -0.4 is 16.2 Å². The van der Waals surface area contributed by atoms with Crippen LogP contribution in [0, 0.1) is 0 Å².